The molecule has 0 bridgehead atoms. The van der Waals surface area contributed by atoms with E-state index >= 15 is 0 Å². The average molecular weight is 306 g/mol. The van der Waals surface area contributed by atoms with E-state index in [0.717, 1.165) is 16.4 Å². The molecule has 5 heteroatoms. The van der Waals surface area contributed by atoms with Crippen LogP contribution in [0.1, 0.15) is 24.1 Å². The summed E-state index contributed by atoms with van der Waals surface area (Å²) in [6.07, 6.45) is 1.72. The third kappa shape index (κ3) is 3.26. The highest BCUT2D eigenvalue weighted by Crippen LogP contribution is 2.25. The molecule has 2 rings (SSSR count). The Hall–Kier alpha value is -1.65. The van der Waals surface area contributed by atoms with E-state index in [2.05, 4.69) is 16.8 Å². The topological polar surface area (TPSA) is 42.1 Å². The van der Waals surface area contributed by atoms with E-state index in [0.29, 0.717) is 4.99 Å². The SMILES string of the molecule is CC(c1ccc(Cl)cc1)N(C)c1cc(C(N)=S)ccn1. The molecular weight excluding hydrogens is 290 g/mol. The van der Waals surface area contributed by atoms with Crippen LogP contribution >= 0.6 is 23.8 Å². The third-order valence-electron chi connectivity index (χ3n) is 3.32. The third-order valence-corrected chi connectivity index (χ3v) is 3.81. The van der Waals surface area contributed by atoms with Gasteiger partial charge in [-0.05, 0) is 36.8 Å². The molecule has 0 radical (unpaired) electrons. The number of hydrogen-bond donors (Lipinski definition) is 1. The molecule has 1 atom stereocenters. The molecule has 2 aromatic rings. The van der Waals surface area contributed by atoms with Crippen LogP contribution in [0.25, 0.3) is 0 Å². The molecule has 20 heavy (non-hydrogen) atoms. The molecule has 0 aliphatic rings. The highest BCUT2D eigenvalue weighted by molar-refractivity contribution is 7.80. The number of aromatic nitrogens is 1. The lowest BCUT2D eigenvalue weighted by molar-refractivity contribution is 0.729. The number of hydrogen-bond acceptors (Lipinski definition) is 3. The molecule has 0 saturated carbocycles. The van der Waals surface area contributed by atoms with Crippen molar-refractivity contribution >= 4 is 34.6 Å². The molecule has 0 saturated heterocycles. The normalized spacial score (nSPS) is 11.9. The lowest BCUT2D eigenvalue weighted by Crippen LogP contribution is -2.23. The van der Waals surface area contributed by atoms with E-state index in [-0.39, 0.29) is 6.04 Å². The maximum absolute atomic E-state index is 5.91. The van der Waals surface area contributed by atoms with Crippen LogP contribution in [0, 0.1) is 0 Å². The number of pyridine rings is 1. The summed E-state index contributed by atoms with van der Waals surface area (Å²) in [5.74, 6) is 0.831. The van der Waals surface area contributed by atoms with Gasteiger partial charge >= 0.3 is 0 Å². The Kier molecular flexibility index (Phi) is 4.57. The van der Waals surface area contributed by atoms with Crippen LogP contribution in [0.2, 0.25) is 5.02 Å². The van der Waals surface area contributed by atoms with Crippen molar-refractivity contribution in [3.8, 4) is 0 Å². The lowest BCUT2D eigenvalue weighted by atomic mass is 10.1. The predicted molar refractivity (Wildman–Crippen MR) is 88.4 cm³/mol. The summed E-state index contributed by atoms with van der Waals surface area (Å²) in [5.41, 5.74) is 7.64. The molecule has 0 fully saturated rings. The maximum Gasteiger partial charge on any atom is 0.129 e. The van der Waals surface area contributed by atoms with E-state index in [1.165, 1.54) is 5.56 Å². The molecule has 104 valence electrons. The van der Waals surface area contributed by atoms with Crippen LogP contribution < -0.4 is 10.6 Å². The van der Waals surface area contributed by atoms with Crippen molar-refractivity contribution in [1.82, 2.24) is 4.98 Å². The molecule has 3 nitrogen and oxygen atoms in total. The van der Waals surface area contributed by atoms with Gasteiger partial charge in [0.15, 0.2) is 0 Å². The van der Waals surface area contributed by atoms with E-state index in [1.54, 1.807) is 6.20 Å². The fraction of sp³-hybridized carbons (Fsp3) is 0.200. The minimum absolute atomic E-state index is 0.168. The Balaban J connectivity index is 2.26. The minimum atomic E-state index is 0.168. The first-order valence-electron chi connectivity index (χ1n) is 6.23. The minimum Gasteiger partial charge on any atom is -0.389 e. The molecule has 2 N–H and O–H groups in total. The number of benzene rings is 1. The van der Waals surface area contributed by atoms with Gasteiger partial charge in [0.1, 0.15) is 10.8 Å². The number of nitrogens with zero attached hydrogens (tertiary/aromatic N) is 2. The zero-order valence-corrected chi connectivity index (χ0v) is 12.9. The second-order valence-electron chi connectivity index (χ2n) is 4.61. The fourth-order valence-electron chi connectivity index (χ4n) is 1.93. The van der Waals surface area contributed by atoms with Gasteiger partial charge < -0.3 is 10.6 Å². The van der Waals surface area contributed by atoms with Crippen LogP contribution in [-0.2, 0) is 0 Å². The quantitative estimate of drug-likeness (QED) is 0.877. The first-order valence-corrected chi connectivity index (χ1v) is 7.02. The van der Waals surface area contributed by atoms with Crippen molar-refractivity contribution in [2.24, 2.45) is 5.73 Å². The second kappa shape index (κ2) is 6.20. The number of thiocarbonyl (C=S) groups is 1. The fourth-order valence-corrected chi connectivity index (χ4v) is 2.18. The highest BCUT2D eigenvalue weighted by Gasteiger charge is 2.14. The molecule has 0 aliphatic heterocycles. The zero-order chi connectivity index (χ0) is 14.7. The average Bonchev–Trinajstić information content (AvgIpc) is 2.46. The highest BCUT2D eigenvalue weighted by atomic mass is 35.5. The molecular formula is C15H16ClN3S. The molecule has 1 aromatic carbocycles. The van der Waals surface area contributed by atoms with Crippen LogP contribution in [-0.4, -0.2) is 17.0 Å². The molecule has 0 amide bonds. The van der Waals surface area contributed by atoms with Crippen molar-refractivity contribution in [3.05, 3.63) is 58.7 Å². The predicted octanol–water partition coefficient (Wildman–Crippen LogP) is 3.57. The van der Waals surface area contributed by atoms with E-state index in [1.807, 2.05) is 43.4 Å². The summed E-state index contributed by atoms with van der Waals surface area (Å²) in [7, 11) is 1.99. The largest absolute Gasteiger partial charge is 0.389 e. The van der Waals surface area contributed by atoms with E-state index < -0.39 is 0 Å². The van der Waals surface area contributed by atoms with Gasteiger partial charge in [0.05, 0.1) is 6.04 Å². The summed E-state index contributed by atoms with van der Waals surface area (Å²) < 4.78 is 0. The van der Waals surface area contributed by atoms with Gasteiger partial charge in [0.25, 0.3) is 0 Å². The van der Waals surface area contributed by atoms with Crippen LogP contribution in [0.5, 0.6) is 0 Å². The maximum atomic E-state index is 5.91. The molecule has 1 unspecified atom stereocenters. The standard InChI is InChI=1S/C15H16ClN3S/c1-10(11-3-5-13(16)6-4-11)19(2)14-9-12(15(17)20)7-8-18-14/h3-10H,1-2H3,(H2,17,20). The molecule has 0 spiro atoms. The smallest absolute Gasteiger partial charge is 0.129 e. The summed E-state index contributed by atoms with van der Waals surface area (Å²) in [6, 6.07) is 11.7. The first kappa shape index (κ1) is 14.8. The van der Waals surface area contributed by atoms with Crippen molar-refractivity contribution in [2.45, 2.75) is 13.0 Å². The number of nitrogens with two attached hydrogens (primary N) is 1. The van der Waals surface area contributed by atoms with Gasteiger partial charge in [-0.2, -0.15) is 0 Å². The van der Waals surface area contributed by atoms with Crippen LogP contribution in [0.4, 0.5) is 5.82 Å². The Morgan fingerprint density at radius 3 is 2.55 bits per heavy atom. The molecule has 1 aromatic heterocycles. The van der Waals surface area contributed by atoms with Crippen molar-refractivity contribution in [3.63, 3.8) is 0 Å². The van der Waals surface area contributed by atoms with Crippen LogP contribution in [0.3, 0.4) is 0 Å². The van der Waals surface area contributed by atoms with Crippen molar-refractivity contribution < 1.29 is 0 Å². The monoisotopic (exact) mass is 305 g/mol. The Bertz CT molecular complexity index is 613. The Labute approximate surface area is 129 Å². The van der Waals surface area contributed by atoms with Gasteiger partial charge in [-0.15, -0.1) is 0 Å². The van der Waals surface area contributed by atoms with Gasteiger partial charge in [-0.25, -0.2) is 4.98 Å². The Morgan fingerprint density at radius 2 is 1.95 bits per heavy atom. The first-order chi connectivity index (χ1) is 9.49. The van der Waals surface area contributed by atoms with Gasteiger partial charge in [0, 0.05) is 23.8 Å². The summed E-state index contributed by atoms with van der Waals surface area (Å²) in [5, 5.41) is 0.734. The number of rotatable bonds is 4. The Morgan fingerprint density at radius 1 is 1.30 bits per heavy atom. The van der Waals surface area contributed by atoms with Gasteiger partial charge in [0.2, 0.25) is 0 Å². The van der Waals surface area contributed by atoms with E-state index in [9.17, 15) is 0 Å². The number of anilines is 1. The lowest BCUT2D eigenvalue weighted by Gasteiger charge is -2.26. The molecule has 0 aliphatic carbocycles. The van der Waals surface area contributed by atoms with Gasteiger partial charge in [-0.3, -0.25) is 0 Å². The van der Waals surface area contributed by atoms with Gasteiger partial charge in [-0.1, -0.05) is 36.0 Å². The van der Waals surface area contributed by atoms with Crippen molar-refractivity contribution in [1.29, 1.82) is 0 Å². The summed E-state index contributed by atoms with van der Waals surface area (Å²) >= 11 is 10.9. The summed E-state index contributed by atoms with van der Waals surface area (Å²) in [6.45, 7) is 2.11. The molecule has 1 heterocycles. The second-order valence-corrected chi connectivity index (χ2v) is 5.48. The van der Waals surface area contributed by atoms with Crippen LogP contribution in [0.15, 0.2) is 42.6 Å². The van der Waals surface area contributed by atoms with E-state index in [4.69, 9.17) is 29.6 Å². The van der Waals surface area contributed by atoms with Crippen molar-refractivity contribution in [2.75, 3.05) is 11.9 Å². The number of halogens is 1. The summed E-state index contributed by atoms with van der Waals surface area (Å²) in [4.78, 5) is 6.82. The zero-order valence-electron chi connectivity index (χ0n) is 11.4.